The van der Waals surface area contributed by atoms with E-state index in [4.69, 9.17) is 0 Å². The molecule has 6 N–H and O–H groups in total. The summed E-state index contributed by atoms with van der Waals surface area (Å²) in [5.41, 5.74) is 2.80. The zero-order valence-corrected chi connectivity index (χ0v) is 24.6. The smallest absolute Gasteiger partial charge is 0.251 e. The molecule has 0 radical (unpaired) electrons. The van der Waals surface area contributed by atoms with E-state index in [-0.39, 0.29) is 5.91 Å². The first-order valence-corrected chi connectivity index (χ1v) is 16.1. The Kier molecular flexibility index (Phi) is 12.4. The summed E-state index contributed by atoms with van der Waals surface area (Å²) in [6.45, 7) is 7.88. The van der Waals surface area contributed by atoms with E-state index in [9.17, 15) is 19.0 Å². The summed E-state index contributed by atoms with van der Waals surface area (Å²) in [7, 11) is -2.93. The van der Waals surface area contributed by atoms with E-state index in [0.29, 0.717) is 49.1 Å². The summed E-state index contributed by atoms with van der Waals surface area (Å²) < 4.78 is 23.0. The largest absolute Gasteiger partial charge is 0.390 e. The average Bonchev–Trinajstić information content (AvgIpc) is 2.91. The highest BCUT2D eigenvalue weighted by molar-refractivity contribution is 8.25. The van der Waals surface area contributed by atoms with Gasteiger partial charge in [0.2, 0.25) is 0 Å². The summed E-state index contributed by atoms with van der Waals surface area (Å²) in [4.78, 5) is 13.6. The Morgan fingerprint density at radius 2 is 1.74 bits per heavy atom. The van der Waals surface area contributed by atoms with Crippen LogP contribution in [0.25, 0.3) is 0 Å². The maximum absolute atomic E-state index is 13.6. The highest BCUT2D eigenvalue weighted by Crippen LogP contribution is 2.50. The third kappa shape index (κ3) is 9.39. The Morgan fingerprint density at radius 1 is 1.03 bits per heavy atom. The molecule has 1 fully saturated rings. The molecule has 1 amide bonds. The summed E-state index contributed by atoms with van der Waals surface area (Å²) in [6.07, 6.45) is 5.58. The zero-order valence-electron chi connectivity index (χ0n) is 23.7. The lowest BCUT2D eigenvalue weighted by Crippen LogP contribution is -2.50. The summed E-state index contributed by atoms with van der Waals surface area (Å²) >= 11 is 0. The second kappa shape index (κ2) is 15.5. The van der Waals surface area contributed by atoms with Crippen molar-refractivity contribution in [3.8, 4) is 0 Å². The molecule has 1 heterocycles. The van der Waals surface area contributed by atoms with Crippen molar-refractivity contribution < 1.29 is 19.0 Å². The van der Waals surface area contributed by atoms with Gasteiger partial charge in [-0.3, -0.25) is 18.2 Å². The van der Waals surface area contributed by atoms with Crippen LogP contribution in [0.5, 0.6) is 0 Å². The fourth-order valence-electron chi connectivity index (χ4n) is 5.18. The van der Waals surface area contributed by atoms with Crippen LogP contribution in [-0.2, 0) is 6.42 Å². The van der Waals surface area contributed by atoms with Crippen molar-refractivity contribution in [1.82, 2.24) is 10.6 Å². The van der Waals surface area contributed by atoms with Gasteiger partial charge in [-0.05, 0) is 62.8 Å². The fourth-order valence-corrected chi connectivity index (χ4v) is 6.85. The predicted molar refractivity (Wildman–Crippen MR) is 164 cm³/mol. The predicted octanol–water partition coefficient (Wildman–Crippen LogP) is 5.64. The molecule has 0 bridgehead atoms. The molecule has 1 aliphatic rings. The number of carbonyl (C=O) groups is 1. The fraction of sp³-hybridized carbons (Fsp3) is 0.567. The lowest BCUT2D eigenvalue weighted by molar-refractivity contribution is 0.0823. The first kappa shape index (κ1) is 31.2. The van der Waals surface area contributed by atoms with Crippen LogP contribution in [0.15, 0.2) is 48.5 Å². The van der Waals surface area contributed by atoms with Crippen molar-refractivity contribution >= 4 is 28.1 Å². The molecule has 218 valence electrons. The quantitative estimate of drug-likeness (QED) is 0.167. The van der Waals surface area contributed by atoms with E-state index in [0.717, 1.165) is 49.8 Å². The van der Waals surface area contributed by atoms with Crippen molar-refractivity contribution in [3.05, 3.63) is 59.7 Å². The highest BCUT2D eigenvalue weighted by atomic mass is 32.3. The third-order valence-electron chi connectivity index (χ3n) is 7.20. The number of aliphatic hydroxyl groups excluding tert-OH is 1. The average molecular weight is 561 g/mol. The molecule has 0 aromatic heterocycles. The molecule has 1 aliphatic heterocycles. The van der Waals surface area contributed by atoms with Gasteiger partial charge in [-0.25, -0.2) is 0 Å². The molecule has 0 spiro atoms. The molecule has 39 heavy (non-hydrogen) atoms. The molecule has 1 saturated heterocycles. The number of aliphatic hydroxyl groups is 1. The van der Waals surface area contributed by atoms with Crippen LogP contribution < -0.4 is 20.3 Å². The maximum atomic E-state index is 13.6. The second-order valence-electron chi connectivity index (χ2n) is 10.5. The molecular formula is C30H48N4O4S. The van der Waals surface area contributed by atoms with Gasteiger partial charge in [0.25, 0.3) is 5.91 Å². The summed E-state index contributed by atoms with van der Waals surface area (Å²) in [6, 6.07) is 15.1. The van der Waals surface area contributed by atoms with Crippen LogP contribution in [0, 0.1) is 0 Å². The first-order chi connectivity index (χ1) is 18.8. The van der Waals surface area contributed by atoms with Crippen molar-refractivity contribution in [2.75, 3.05) is 35.0 Å². The van der Waals surface area contributed by atoms with E-state index >= 15 is 0 Å². The number of carbonyl (C=O) groups excluding carboxylic acids is 1. The van der Waals surface area contributed by atoms with Crippen molar-refractivity contribution in [2.24, 2.45) is 0 Å². The number of rotatable bonds is 15. The normalized spacial score (nSPS) is 17.5. The van der Waals surface area contributed by atoms with Crippen molar-refractivity contribution in [1.29, 1.82) is 0 Å². The van der Waals surface area contributed by atoms with E-state index in [1.165, 1.54) is 0 Å². The Balaban J connectivity index is 1.83. The lowest BCUT2D eigenvalue weighted by Gasteiger charge is -2.47. The topological polar surface area (TPSA) is 117 Å². The molecular weight excluding hydrogens is 512 g/mol. The van der Waals surface area contributed by atoms with Crippen LogP contribution in [0.3, 0.4) is 0 Å². The molecule has 0 saturated carbocycles. The number of nitrogens with zero attached hydrogens (tertiary/aromatic N) is 1. The van der Waals surface area contributed by atoms with Gasteiger partial charge in [-0.15, -0.1) is 10.8 Å². The van der Waals surface area contributed by atoms with Gasteiger partial charge in [0.1, 0.15) is 0 Å². The highest BCUT2D eigenvalue weighted by Gasteiger charge is 2.29. The Bertz CT molecular complexity index is 1020. The monoisotopic (exact) mass is 560 g/mol. The molecule has 3 rings (SSSR count). The van der Waals surface area contributed by atoms with Gasteiger partial charge in [0, 0.05) is 36.9 Å². The van der Waals surface area contributed by atoms with Crippen LogP contribution in [-0.4, -0.2) is 63.7 Å². The minimum absolute atomic E-state index is 0.303. The minimum Gasteiger partial charge on any atom is -0.390 e. The molecule has 9 heteroatoms. The molecule has 8 nitrogen and oxygen atoms in total. The standard InChI is InChI=1S/C30H48N4O4S/c1-4-12-25(13-5-2)32-22-29(35)28(18-23-14-8-7-9-15-23)33-30(36)24-19-26(31-6-3)21-27(20-24)34-16-10-11-17-39(34,37)38/h7-9,14-15,19-21,25,28-29,31-32,35,37-38H,4-6,10-13,16-18,22H2,1-3H3,(H,33,36)/t28-,29+/m0/s1. The number of amides is 1. The Morgan fingerprint density at radius 3 is 2.38 bits per heavy atom. The molecule has 0 aliphatic carbocycles. The van der Waals surface area contributed by atoms with Crippen LogP contribution in [0.1, 0.15) is 75.2 Å². The molecule has 2 atom stereocenters. The molecule has 2 aromatic rings. The van der Waals surface area contributed by atoms with Gasteiger partial charge >= 0.3 is 0 Å². The van der Waals surface area contributed by atoms with Crippen LogP contribution in [0.4, 0.5) is 11.4 Å². The minimum atomic E-state index is -2.93. The number of hydrogen-bond acceptors (Lipinski definition) is 7. The summed E-state index contributed by atoms with van der Waals surface area (Å²) in [5, 5.41) is 21.1. The van der Waals surface area contributed by atoms with Crippen molar-refractivity contribution in [3.63, 3.8) is 0 Å². The van der Waals surface area contributed by atoms with Gasteiger partial charge in [0.05, 0.1) is 23.6 Å². The Hall–Kier alpha value is -2.30. The third-order valence-corrected chi connectivity index (χ3v) is 9.14. The SMILES string of the molecule is CCCC(CCC)NC[C@@H](O)[C@H](Cc1ccccc1)NC(=O)c1cc(NCC)cc(N2CCCCS2(O)O)c1. The zero-order chi connectivity index (χ0) is 28.3. The molecule has 0 unspecified atom stereocenters. The van der Waals surface area contributed by atoms with Gasteiger partial charge in [0.15, 0.2) is 0 Å². The van der Waals surface area contributed by atoms with E-state index in [1.807, 2.05) is 43.3 Å². The van der Waals surface area contributed by atoms with E-state index in [2.05, 4.69) is 29.8 Å². The number of anilines is 2. The van der Waals surface area contributed by atoms with Crippen LogP contribution >= 0.6 is 10.8 Å². The number of nitrogens with one attached hydrogen (secondary N) is 3. The van der Waals surface area contributed by atoms with Crippen LogP contribution in [0.2, 0.25) is 0 Å². The van der Waals surface area contributed by atoms with Gasteiger partial charge in [-0.2, -0.15) is 0 Å². The summed E-state index contributed by atoms with van der Waals surface area (Å²) in [5.74, 6) is 0.0261. The molecule has 2 aromatic carbocycles. The van der Waals surface area contributed by atoms with E-state index in [1.54, 1.807) is 16.4 Å². The van der Waals surface area contributed by atoms with Crippen molar-refractivity contribution in [2.45, 2.75) is 83.9 Å². The van der Waals surface area contributed by atoms with E-state index < -0.39 is 22.9 Å². The Labute approximate surface area is 236 Å². The second-order valence-corrected chi connectivity index (χ2v) is 12.6. The van der Waals surface area contributed by atoms with Gasteiger partial charge in [-0.1, -0.05) is 57.0 Å². The first-order valence-electron chi connectivity index (χ1n) is 14.5. The van der Waals surface area contributed by atoms with Gasteiger partial charge < -0.3 is 21.1 Å². The maximum Gasteiger partial charge on any atom is 0.251 e. The number of benzene rings is 2. The number of hydrogen-bond donors (Lipinski definition) is 6. The lowest BCUT2D eigenvalue weighted by atomic mass is 9.99.